The number of allylic oxidation sites excluding steroid dienone is 7. The normalized spacial score (nSPS) is 12.7. The third-order valence-corrected chi connectivity index (χ3v) is 3.61. The van der Waals surface area contributed by atoms with Crippen molar-refractivity contribution in [2.75, 3.05) is 0 Å². The monoisotopic (exact) mass is 336 g/mol. The molecule has 2 N–H and O–H groups in total. The van der Waals surface area contributed by atoms with Crippen molar-refractivity contribution >= 4 is 5.97 Å². The Labute approximate surface area is 146 Å². The summed E-state index contributed by atoms with van der Waals surface area (Å²) in [5.74, 6) is -0.427. The van der Waals surface area contributed by atoms with Gasteiger partial charge in [-0.25, -0.2) is 10.1 Å². The predicted molar refractivity (Wildman–Crippen MR) is 98.7 cm³/mol. The van der Waals surface area contributed by atoms with E-state index in [1.54, 1.807) is 30.4 Å². The van der Waals surface area contributed by atoms with Crippen LogP contribution in [0.4, 0.5) is 0 Å². The third kappa shape index (κ3) is 16.6. The van der Waals surface area contributed by atoms with E-state index in [9.17, 15) is 4.79 Å². The molecule has 0 aliphatic heterocycles. The fourth-order valence-corrected chi connectivity index (χ4v) is 2.26. The van der Waals surface area contributed by atoms with E-state index in [1.165, 1.54) is 51.0 Å². The Bertz CT molecular complexity index is 419. The van der Waals surface area contributed by atoms with Gasteiger partial charge in [0.25, 0.3) is 0 Å². The highest BCUT2D eigenvalue weighted by atomic mass is 17.1. The molecule has 0 bridgehead atoms. The van der Waals surface area contributed by atoms with Crippen LogP contribution in [0.2, 0.25) is 0 Å². The minimum atomic E-state index is -0.972. The molecule has 0 aromatic rings. The Hall–Kier alpha value is -1.81. The van der Waals surface area contributed by atoms with Crippen molar-refractivity contribution in [2.24, 2.45) is 0 Å². The maximum absolute atomic E-state index is 10.2. The van der Waals surface area contributed by atoms with Gasteiger partial charge in [0, 0.05) is 12.5 Å². The van der Waals surface area contributed by atoms with E-state index in [0.717, 1.165) is 25.3 Å². The van der Waals surface area contributed by atoms with E-state index in [0.29, 0.717) is 5.76 Å². The maximum Gasteiger partial charge on any atom is 0.328 e. The van der Waals surface area contributed by atoms with Crippen LogP contribution in [0.25, 0.3) is 0 Å². The molecule has 0 amide bonds. The Balaban J connectivity index is 3.76. The second-order valence-electron chi connectivity index (χ2n) is 5.77. The van der Waals surface area contributed by atoms with Gasteiger partial charge in [-0.2, -0.15) is 0 Å². The van der Waals surface area contributed by atoms with Gasteiger partial charge in [0.2, 0.25) is 0 Å². The van der Waals surface area contributed by atoms with Gasteiger partial charge in [-0.15, -0.1) is 0 Å². The topological polar surface area (TPSA) is 66.8 Å². The molecule has 0 aliphatic rings. The molecule has 0 heterocycles. The van der Waals surface area contributed by atoms with Crippen LogP contribution in [0.3, 0.4) is 0 Å². The van der Waals surface area contributed by atoms with Gasteiger partial charge in [-0.05, 0) is 12.5 Å². The van der Waals surface area contributed by atoms with Gasteiger partial charge < -0.3 is 9.99 Å². The zero-order valence-electron chi connectivity index (χ0n) is 14.8. The predicted octanol–water partition coefficient (Wildman–Crippen LogP) is 6.03. The summed E-state index contributed by atoms with van der Waals surface area (Å²) in [6, 6.07) is 0. The van der Waals surface area contributed by atoms with Crippen LogP contribution in [0, 0.1) is 0 Å². The molecule has 24 heavy (non-hydrogen) atoms. The quantitative estimate of drug-likeness (QED) is 0.0956. The van der Waals surface area contributed by atoms with Crippen molar-refractivity contribution in [2.45, 2.75) is 71.1 Å². The second-order valence-corrected chi connectivity index (χ2v) is 5.77. The minimum Gasteiger partial charge on any atom is -0.478 e. The number of carboxylic acid groups (broad SMARTS) is 1. The molecule has 4 nitrogen and oxygen atoms in total. The lowest BCUT2D eigenvalue weighted by Crippen LogP contribution is -1.88. The standard InChI is InChI=1S/C20H32O4/c1-2-3-4-5-6-7-8-10-13-16-19(24-23)17-14-11-9-12-15-18-20(21)22/h9,11-12,14-15,17-18,23H,2-8,10,13,16H2,1H3,(H,21,22). The number of unbranched alkanes of at least 4 members (excludes halogenated alkanes) is 8. The first kappa shape index (κ1) is 22.2. The molecular formula is C20H32O4. The minimum absolute atomic E-state index is 0.545. The van der Waals surface area contributed by atoms with Crippen molar-refractivity contribution in [1.29, 1.82) is 0 Å². The van der Waals surface area contributed by atoms with Crippen molar-refractivity contribution in [3.8, 4) is 0 Å². The highest BCUT2D eigenvalue weighted by molar-refractivity contribution is 5.80. The molecule has 0 atom stereocenters. The molecule has 0 saturated carbocycles. The van der Waals surface area contributed by atoms with Crippen LogP contribution in [0.1, 0.15) is 71.1 Å². The summed E-state index contributed by atoms with van der Waals surface area (Å²) in [6.07, 6.45) is 23.1. The highest BCUT2D eigenvalue weighted by Crippen LogP contribution is 2.13. The first-order chi connectivity index (χ1) is 11.7. The number of aliphatic carboxylic acids is 1. The van der Waals surface area contributed by atoms with E-state index < -0.39 is 5.97 Å². The molecule has 0 rings (SSSR count). The van der Waals surface area contributed by atoms with Crippen LogP contribution in [0.5, 0.6) is 0 Å². The lowest BCUT2D eigenvalue weighted by atomic mass is 10.1. The summed E-state index contributed by atoms with van der Waals surface area (Å²) >= 11 is 0. The molecule has 0 aromatic carbocycles. The van der Waals surface area contributed by atoms with Crippen molar-refractivity contribution in [3.63, 3.8) is 0 Å². The van der Waals surface area contributed by atoms with Gasteiger partial charge in [-0.1, -0.05) is 88.7 Å². The van der Waals surface area contributed by atoms with E-state index in [4.69, 9.17) is 10.4 Å². The van der Waals surface area contributed by atoms with Gasteiger partial charge >= 0.3 is 5.97 Å². The van der Waals surface area contributed by atoms with Crippen LogP contribution < -0.4 is 0 Å². The summed E-state index contributed by atoms with van der Waals surface area (Å²) in [5.41, 5.74) is 0. The average Bonchev–Trinajstić information content (AvgIpc) is 2.57. The first-order valence-electron chi connectivity index (χ1n) is 8.95. The van der Waals surface area contributed by atoms with Crippen molar-refractivity contribution in [1.82, 2.24) is 0 Å². The van der Waals surface area contributed by atoms with Gasteiger partial charge in [-0.3, -0.25) is 0 Å². The molecule has 0 aromatic heterocycles. The molecule has 0 spiro atoms. The van der Waals surface area contributed by atoms with Crippen LogP contribution >= 0.6 is 0 Å². The lowest BCUT2D eigenvalue weighted by molar-refractivity contribution is -0.205. The first-order valence-corrected chi connectivity index (χ1v) is 8.95. The largest absolute Gasteiger partial charge is 0.478 e. The molecule has 0 aliphatic carbocycles. The summed E-state index contributed by atoms with van der Waals surface area (Å²) < 4.78 is 0. The zero-order valence-corrected chi connectivity index (χ0v) is 14.8. The number of rotatable bonds is 15. The average molecular weight is 336 g/mol. The summed E-state index contributed by atoms with van der Waals surface area (Å²) in [6.45, 7) is 2.23. The van der Waals surface area contributed by atoms with E-state index in [2.05, 4.69) is 11.8 Å². The van der Waals surface area contributed by atoms with Crippen molar-refractivity contribution in [3.05, 3.63) is 48.3 Å². The molecule has 4 heteroatoms. The fraction of sp³-hybridized carbons (Fsp3) is 0.550. The smallest absolute Gasteiger partial charge is 0.328 e. The van der Waals surface area contributed by atoms with Gasteiger partial charge in [0.05, 0.1) is 0 Å². The lowest BCUT2D eigenvalue weighted by Gasteiger charge is -2.03. The SMILES string of the molecule is CCCCCCCCCCCC(=CC=CC=CC=CC(=O)O)OO. The van der Waals surface area contributed by atoms with Crippen molar-refractivity contribution < 1.29 is 20.0 Å². The van der Waals surface area contributed by atoms with E-state index in [1.807, 2.05) is 0 Å². The van der Waals surface area contributed by atoms with Crippen LogP contribution in [-0.4, -0.2) is 16.3 Å². The molecular weight excluding hydrogens is 304 g/mol. The molecule has 0 saturated heterocycles. The van der Waals surface area contributed by atoms with E-state index in [-0.39, 0.29) is 0 Å². The second kappa shape index (κ2) is 17.5. The fourth-order valence-electron chi connectivity index (χ4n) is 2.26. The summed E-state index contributed by atoms with van der Waals surface area (Å²) in [5, 5.41) is 17.3. The maximum atomic E-state index is 10.2. The van der Waals surface area contributed by atoms with Gasteiger partial charge in [0.1, 0.15) is 5.76 Å². The number of carbonyl (C=O) groups is 1. The number of hydrogen-bond acceptors (Lipinski definition) is 3. The Morgan fingerprint density at radius 3 is 1.96 bits per heavy atom. The Kier molecular flexibility index (Phi) is 16.2. The molecule has 136 valence electrons. The molecule has 0 radical (unpaired) electrons. The molecule has 0 unspecified atom stereocenters. The zero-order chi connectivity index (χ0) is 17.9. The van der Waals surface area contributed by atoms with Crippen LogP contribution in [-0.2, 0) is 9.68 Å². The highest BCUT2D eigenvalue weighted by Gasteiger charge is 1.97. The number of hydrogen-bond donors (Lipinski definition) is 2. The summed E-state index contributed by atoms with van der Waals surface area (Å²) in [4.78, 5) is 14.6. The third-order valence-electron chi connectivity index (χ3n) is 3.61. The Morgan fingerprint density at radius 1 is 0.833 bits per heavy atom. The van der Waals surface area contributed by atoms with Gasteiger partial charge in [0.15, 0.2) is 0 Å². The summed E-state index contributed by atoms with van der Waals surface area (Å²) in [7, 11) is 0. The molecule has 0 fully saturated rings. The number of carboxylic acids is 1. The Morgan fingerprint density at radius 2 is 1.38 bits per heavy atom. The van der Waals surface area contributed by atoms with E-state index >= 15 is 0 Å². The van der Waals surface area contributed by atoms with Crippen LogP contribution in [0.15, 0.2) is 48.3 Å².